The molecule has 0 spiro atoms. The van der Waals surface area contributed by atoms with Crippen LogP contribution >= 0.6 is 11.3 Å². The van der Waals surface area contributed by atoms with Gasteiger partial charge in [0.1, 0.15) is 9.77 Å². The van der Waals surface area contributed by atoms with Crippen molar-refractivity contribution < 1.29 is 22.7 Å². The van der Waals surface area contributed by atoms with Crippen molar-refractivity contribution in [3.63, 3.8) is 0 Å². The van der Waals surface area contributed by atoms with E-state index in [4.69, 9.17) is 9.47 Å². The second-order valence-corrected chi connectivity index (χ2v) is 9.03. The number of rotatable bonds is 8. The molecule has 1 aromatic carbocycles. The number of carbonyl (C=O) groups is 1. The van der Waals surface area contributed by atoms with Gasteiger partial charge in [-0.2, -0.15) is 4.31 Å². The van der Waals surface area contributed by atoms with E-state index in [2.05, 4.69) is 5.32 Å². The van der Waals surface area contributed by atoms with Crippen LogP contribution in [0.15, 0.2) is 34.5 Å². The average molecular weight is 425 g/mol. The number of nitrogens with zero attached hydrogens (tertiary/aromatic N) is 1. The molecule has 0 radical (unpaired) electrons. The van der Waals surface area contributed by atoms with E-state index in [1.165, 1.54) is 10.4 Å². The van der Waals surface area contributed by atoms with Gasteiger partial charge in [-0.1, -0.05) is 0 Å². The fourth-order valence-electron chi connectivity index (χ4n) is 3.05. The Kier molecular flexibility index (Phi) is 6.58. The zero-order valence-electron chi connectivity index (χ0n) is 15.9. The second-order valence-electron chi connectivity index (χ2n) is 6.21. The van der Waals surface area contributed by atoms with Crippen LogP contribution in [0, 0.1) is 0 Å². The Balaban J connectivity index is 1.83. The molecule has 1 aliphatic rings. The summed E-state index contributed by atoms with van der Waals surface area (Å²) in [5.74, 6) is 0.661. The van der Waals surface area contributed by atoms with Crippen LogP contribution in [0.5, 0.6) is 11.5 Å². The molecule has 28 heavy (non-hydrogen) atoms. The molecule has 1 aliphatic heterocycles. The van der Waals surface area contributed by atoms with E-state index in [0.29, 0.717) is 43.5 Å². The summed E-state index contributed by atoms with van der Waals surface area (Å²) in [5, 5.41) is 4.40. The molecular formula is C19H24N2O5S2. The Morgan fingerprint density at radius 3 is 2.46 bits per heavy atom. The summed E-state index contributed by atoms with van der Waals surface area (Å²) in [6.45, 7) is 5.69. The number of nitrogens with one attached hydrogen (secondary N) is 1. The van der Waals surface area contributed by atoms with Gasteiger partial charge in [0.05, 0.1) is 13.2 Å². The van der Waals surface area contributed by atoms with Gasteiger partial charge in [0.25, 0.3) is 5.91 Å². The van der Waals surface area contributed by atoms with E-state index in [-0.39, 0.29) is 9.77 Å². The molecule has 1 fully saturated rings. The van der Waals surface area contributed by atoms with Crippen LogP contribution in [0.3, 0.4) is 0 Å². The minimum atomic E-state index is -3.66. The van der Waals surface area contributed by atoms with E-state index >= 15 is 0 Å². The summed E-state index contributed by atoms with van der Waals surface area (Å²) >= 11 is 1.11. The van der Waals surface area contributed by atoms with Gasteiger partial charge in [-0.25, -0.2) is 8.42 Å². The predicted octanol–water partition coefficient (Wildman–Crippen LogP) is 3.58. The molecule has 2 heterocycles. The van der Waals surface area contributed by atoms with Crippen LogP contribution in [-0.4, -0.2) is 44.9 Å². The summed E-state index contributed by atoms with van der Waals surface area (Å²) in [6.07, 6.45) is 1.69. The van der Waals surface area contributed by atoms with Gasteiger partial charge in [-0.3, -0.25) is 4.79 Å². The number of amides is 1. The topological polar surface area (TPSA) is 84.9 Å². The van der Waals surface area contributed by atoms with Crippen molar-refractivity contribution >= 4 is 33.0 Å². The van der Waals surface area contributed by atoms with Gasteiger partial charge >= 0.3 is 0 Å². The standard InChI is InChI=1S/C19H24N2O5S2/c1-3-25-15-8-7-14(13-16(15)26-4-2)20-19(22)18-17(9-12-27-18)28(23,24)21-10-5-6-11-21/h7-9,12-13H,3-6,10-11H2,1-2H3,(H,20,22). The number of ether oxygens (including phenoxy) is 2. The number of hydrogen-bond acceptors (Lipinski definition) is 6. The largest absolute Gasteiger partial charge is 0.490 e. The van der Waals surface area contributed by atoms with Crippen molar-refractivity contribution in [3.05, 3.63) is 34.5 Å². The fraction of sp³-hybridized carbons (Fsp3) is 0.421. The van der Waals surface area contributed by atoms with Crippen LogP contribution in [-0.2, 0) is 10.0 Å². The van der Waals surface area contributed by atoms with Gasteiger partial charge in [-0.05, 0) is 50.3 Å². The molecule has 2 aromatic rings. The molecule has 3 rings (SSSR count). The summed E-state index contributed by atoms with van der Waals surface area (Å²) in [4.78, 5) is 13.0. The van der Waals surface area contributed by atoms with Gasteiger partial charge < -0.3 is 14.8 Å². The van der Waals surface area contributed by atoms with Crippen molar-refractivity contribution in [1.82, 2.24) is 4.31 Å². The number of hydrogen-bond donors (Lipinski definition) is 1. The lowest BCUT2D eigenvalue weighted by atomic mass is 10.2. The van der Waals surface area contributed by atoms with Crippen molar-refractivity contribution in [1.29, 1.82) is 0 Å². The van der Waals surface area contributed by atoms with E-state index in [1.807, 2.05) is 13.8 Å². The molecule has 0 bridgehead atoms. The zero-order chi connectivity index (χ0) is 20.1. The summed E-state index contributed by atoms with van der Waals surface area (Å²) in [7, 11) is -3.66. The van der Waals surface area contributed by atoms with Gasteiger partial charge in [0.15, 0.2) is 11.5 Å². The Labute approximate surface area is 169 Å². The molecular weight excluding hydrogens is 400 g/mol. The number of carbonyl (C=O) groups excluding carboxylic acids is 1. The molecule has 1 amide bonds. The maximum absolute atomic E-state index is 12.8. The molecule has 1 saturated heterocycles. The quantitative estimate of drug-likeness (QED) is 0.700. The van der Waals surface area contributed by atoms with Crippen molar-refractivity contribution in [2.75, 3.05) is 31.6 Å². The highest BCUT2D eigenvalue weighted by Gasteiger charge is 2.31. The summed E-state index contributed by atoms with van der Waals surface area (Å²) in [6, 6.07) is 6.60. The summed E-state index contributed by atoms with van der Waals surface area (Å²) < 4.78 is 38.2. The first-order chi connectivity index (χ1) is 13.5. The normalized spacial score (nSPS) is 14.8. The number of anilines is 1. The van der Waals surface area contributed by atoms with Crippen molar-refractivity contribution in [2.24, 2.45) is 0 Å². The third-order valence-corrected chi connectivity index (χ3v) is 7.30. The average Bonchev–Trinajstić information content (AvgIpc) is 3.37. The van der Waals surface area contributed by atoms with Crippen LogP contribution in [0.4, 0.5) is 5.69 Å². The first kappa shape index (κ1) is 20.6. The highest BCUT2D eigenvalue weighted by atomic mass is 32.2. The first-order valence-electron chi connectivity index (χ1n) is 9.26. The molecule has 0 saturated carbocycles. The maximum Gasteiger partial charge on any atom is 0.267 e. The van der Waals surface area contributed by atoms with E-state index < -0.39 is 15.9 Å². The molecule has 7 nitrogen and oxygen atoms in total. The number of thiophene rings is 1. The predicted molar refractivity (Wildman–Crippen MR) is 109 cm³/mol. The van der Waals surface area contributed by atoms with Crippen LogP contribution in [0.1, 0.15) is 36.4 Å². The third-order valence-electron chi connectivity index (χ3n) is 4.32. The van der Waals surface area contributed by atoms with Crippen LogP contribution in [0.25, 0.3) is 0 Å². The monoisotopic (exact) mass is 424 g/mol. The van der Waals surface area contributed by atoms with Crippen LogP contribution in [0.2, 0.25) is 0 Å². The Hall–Kier alpha value is -2.10. The molecule has 152 valence electrons. The molecule has 0 unspecified atom stereocenters. The SMILES string of the molecule is CCOc1ccc(NC(=O)c2sccc2S(=O)(=O)N2CCCC2)cc1OCC. The Morgan fingerprint density at radius 1 is 1.11 bits per heavy atom. The lowest BCUT2D eigenvalue weighted by molar-refractivity contribution is 0.102. The smallest absolute Gasteiger partial charge is 0.267 e. The number of benzene rings is 1. The Morgan fingerprint density at radius 2 is 1.79 bits per heavy atom. The molecule has 0 atom stereocenters. The van der Waals surface area contributed by atoms with Gasteiger partial charge in [0, 0.05) is 24.8 Å². The lowest BCUT2D eigenvalue weighted by Crippen LogP contribution is -2.29. The van der Waals surface area contributed by atoms with E-state index in [1.54, 1.807) is 23.6 Å². The summed E-state index contributed by atoms with van der Waals surface area (Å²) in [5.41, 5.74) is 0.509. The van der Waals surface area contributed by atoms with Crippen LogP contribution < -0.4 is 14.8 Å². The van der Waals surface area contributed by atoms with E-state index in [0.717, 1.165) is 24.2 Å². The molecule has 0 aliphatic carbocycles. The molecule has 9 heteroatoms. The molecule has 1 N–H and O–H groups in total. The lowest BCUT2D eigenvalue weighted by Gasteiger charge is -2.16. The third kappa shape index (κ3) is 4.31. The highest BCUT2D eigenvalue weighted by Crippen LogP contribution is 2.32. The number of sulfonamides is 1. The zero-order valence-corrected chi connectivity index (χ0v) is 17.6. The van der Waals surface area contributed by atoms with Gasteiger partial charge in [0.2, 0.25) is 10.0 Å². The maximum atomic E-state index is 12.8. The first-order valence-corrected chi connectivity index (χ1v) is 11.6. The minimum absolute atomic E-state index is 0.0628. The Bertz CT molecular complexity index is 934. The molecule has 1 aromatic heterocycles. The highest BCUT2D eigenvalue weighted by molar-refractivity contribution is 7.89. The van der Waals surface area contributed by atoms with Crippen molar-refractivity contribution in [2.45, 2.75) is 31.6 Å². The fourth-order valence-corrected chi connectivity index (χ4v) is 5.86. The van der Waals surface area contributed by atoms with E-state index in [9.17, 15) is 13.2 Å². The van der Waals surface area contributed by atoms with Crippen molar-refractivity contribution in [3.8, 4) is 11.5 Å². The minimum Gasteiger partial charge on any atom is -0.490 e. The van der Waals surface area contributed by atoms with Gasteiger partial charge in [-0.15, -0.1) is 11.3 Å². The second kappa shape index (κ2) is 8.93.